The third kappa shape index (κ3) is 3.90. The van der Waals surface area contributed by atoms with Crippen LogP contribution in [0.4, 0.5) is 0 Å². The second-order valence-corrected chi connectivity index (χ2v) is 14.5. The van der Waals surface area contributed by atoms with E-state index in [9.17, 15) is 9.90 Å². The Balaban J connectivity index is 1.87. The molecule has 1 N–H and O–H groups in total. The van der Waals surface area contributed by atoms with Crippen LogP contribution in [0.1, 0.15) is 48.0 Å². The van der Waals surface area contributed by atoms with Crippen molar-refractivity contribution >= 4 is 14.3 Å². The third-order valence-corrected chi connectivity index (χ3v) is 10.5. The highest BCUT2D eigenvalue weighted by molar-refractivity contribution is 6.74. The van der Waals surface area contributed by atoms with Gasteiger partial charge < -0.3 is 33.2 Å². The third-order valence-electron chi connectivity index (χ3n) is 6.04. The van der Waals surface area contributed by atoms with Gasteiger partial charge in [0.05, 0.1) is 6.61 Å². The lowest BCUT2D eigenvalue weighted by Crippen LogP contribution is -2.55. The van der Waals surface area contributed by atoms with E-state index in [4.69, 9.17) is 28.1 Å². The molecule has 9 heteroatoms. The molecule has 0 amide bonds. The fourth-order valence-corrected chi connectivity index (χ4v) is 4.96. The standard InChI is InChI=1S/C19H34O8Si/c1-9-22-11(20)10-19(21)15(27-28(7,8)17(2,3)4)13-12(25-19)14-16(23-13)26-18(5,6)24-14/h12-16,21H,9-10H2,1-8H3/t12-,13-,14+,15+,16+,19?/m0/s1. The molecule has 28 heavy (non-hydrogen) atoms. The number of ether oxygens (including phenoxy) is 5. The summed E-state index contributed by atoms with van der Waals surface area (Å²) in [5, 5.41) is 11.2. The van der Waals surface area contributed by atoms with Crippen LogP contribution in [0.5, 0.6) is 0 Å². The summed E-state index contributed by atoms with van der Waals surface area (Å²) in [5.74, 6) is -3.20. The van der Waals surface area contributed by atoms with Gasteiger partial charge in [0.15, 0.2) is 20.4 Å². The van der Waals surface area contributed by atoms with E-state index in [1.807, 2.05) is 0 Å². The van der Waals surface area contributed by atoms with Crippen molar-refractivity contribution in [3.8, 4) is 0 Å². The molecule has 0 bridgehead atoms. The molecule has 0 aromatic carbocycles. The number of rotatable bonds is 5. The van der Waals surface area contributed by atoms with E-state index >= 15 is 0 Å². The Morgan fingerprint density at radius 2 is 1.75 bits per heavy atom. The first-order valence-corrected chi connectivity index (χ1v) is 12.8. The molecule has 0 aliphatic carbocycles. The van der Waals surface area contributed by atoms with Gasteiger partial charge in [-0.2, -0.15) is 0 Å². The van der Waals surface area contributed by atoms with Crippen LogP contribution >= 0.6 is 0 Å². The fraction of sp³-hybridized carbons (Fsp3) is 0.947. The topological polar surface area (TPSA) is 92.7 Å². The van der Waals surface area contributed by atoms with Gasteiger partial charge >= 0.3 is 5.97 Å². The number of aliphatic hydroxyl groups is 1. The zero-order chi connectivity index (χ0) is 21.1. The molecule has 0 radical (unpaired) electrons. The van der Waals surface area contributed by atoms with Gasteiger partial charge in [-0.1, -0.05) is 20.8 Å². The van der Waals surface area contributed by atoms with Crippen LogP contribution in [0, 0.1) is 0 Å². The van der Waals surface area contributed by atoms with Crippen LogP contribution in [0.25, 0.3) is 0 Å². The smallest absolute Gasteiger partial charge is 0.311 e. The molecule has 162 valence electrons. The average molecular weight is 419 g/mol. The maximum absolute atomic E-state index is 12.2. The van der Waals surface area contributed by atoms with Crippen molar-refractivity contribution in [1.82, 2.24) is 0 Å². The van der Waals surface area contributed by atoms with Gasteiger partial charge in [-0.25, -0.2) is 0 Å². The highest BCUT2D eigenvalue weighted by atomic mass is 28.4. The number of carbonyl (C=O) groups excluding carboxylic acids is 1. The van der Waals surface area contributed by atoms with E-state index in [0.717, 1.165) is 0 Å². The summed E-state index contributed by atoms with van der Waals surface area (Å²) < 4.78 is 35.3. The van der Waals surface area contributed by atoms with E-state index in [1.165, 1.54) is 0 Å². The Morgan fingerprint density at radius 3 is 2.32 bits per heavy atom. The Morgan fingerprint density at radius 1 is 1.11 bits per heavy atom. The zero-order valence-corrected chi connectivity index (χ0v) is 19.1. The molecule has 3 rings (SSSR count). The van der Waals surface area contributed by atoms with Crippen molar-refractivity contribution in [1.29, 1.82) is 0 Å². The monoisotopic (exact) mass is 418 g/mol. The molecule has 0 spiro atoms. The lowest BCUT2D eigenvalue weighted by Gasteiger charge is -2.42. The molecular weight excluding hydrogens is 384 g/mol. The van der Waals surface area contributed by atoms with Gasteiger partial charge in [0.2, 0.25) is 5.79 Å². The lowest BCUT2D eigenvalue weighted by atomic mass is 10.0. The minimum absolute atomic E-state index is 0.0978. The lowest BCUT2D eigenvalue weighted by molar-refractivity contribution is -0.247. The van der Waals surface area contributed by atoms with Crippen LogP contribution in [-0.2, 0) is 32.9 Å². The number of esters is 1. The molecule has 0 aromatic heterocycles. The summed E-state index contributed by atoms with van der Waals surface area (Å²) >= 11 is 0. The largest absolute Gasteiger partial charge is 0.466 e. The molecule has 3 aliphatic rings. The van der Waals surface area contributed by atoms with E-state index in [1.54, 1.807) is 20.8 Å². The van der Waals surface area contributed by atoms with Crippen molar-refractivity contribution < 1.29 is 38.0 Å². The van der Waals surface area contributed by atoms with Gasteiger partial charge in [-0.3, -0.25) is 4.79 Å². The van der Waals surface area contributed by atoms with Crippen molar-refractivity contribution in [2.75, 3.05) is 6.61 Å². The molecule has 6 atom stereocenters. The Labute approximate surface area is 167 Å². The predicted octanol–water partition coefficient (Wildman–Crippen LogP) is 2.29. The predicted molar refractivity (Wildman–Crippen MR) is 102 cm³/mol. The van der Waals surface area contributed by atoms with Crippen molar-refractivity contribution in [3.05, 3.63) is 0 Å². The molecule has 3 fully saturated rings. The van der Waals surface area contributed by atoms with Crippen molar-refractivity contribution in [2.24, 2.45) is 0 Å². The normalized spacial score (nSPS) is 39.7. The van der Waals surface area contributed by atoms with Crippen molar-refractivity contribution in [2.45, 2.75) is 108 Å². The average Bonchev–Trinajstić information content (AvgIpc) is 3.05. The van der Waals surface area contributed by atoms with E-state index in [2.05, 4.69) is 33.9 Å². The minimum Gasteiger partial charge on any atom is -0.466 e. The molecule has 0 aromatic rings. The number of hydrogen-bond donors (Lipinski definition) is 1. The summed E-state index contributed by atoms with van der Waals surface area (Å²) in [4.78, 5) is 12.2. The highest BCUT2D eigenvalue weighted by Crippen LogP contribution is 2.50. The molecule has 0 saturated carbocycles. The summed E-state index contributed by atoms with van der Waals surface area (Å²) in [6.45, 7) is 16.0. The van der Waals surface area contributed by atoms with E-state index < -0.39 is 56.6 Å². The molecule has 3 heterocycles. The molecule has 3 aliphatic heterocycles. The van der Waals surface area contributed by atoms with Crippen LogP contribution in [0.15, 0.2) is 0 Å². The zero-order valence-electron chi connectivity index (χ0n) is 18.1. The molecule has 1 unspecified atom stereocenters. The van der Waals surface area contributed by atoms with Crippen LogP contribution in [0.3, 0.4) is 0 Å². The first-order valence-electron chi connectivity index (χ1n) is 9.94. The Kier molecular flexibility index (Phi) is 5.54. The molecule has 8 nitrogen and oxygen atoms in total. The molecule has 3 saturated heterocycles. The van der Waals surface area contributed by atoms with Crippen LogP contribution < -0.4 is 0 Å². The van der Waals surface area contributed by atoms with Gasteiger partial charge in [0.1, 0.15) is 30.8 Å². The van der Waals surface area contributed by atoms with E-state index in [0.29, 0.717) is 0 Å². The van der Waals surface area contributed by atoms with Gasteiger partial charge in [-0.05, 0) is 38.9 Å². The summed E-state index contributed by atoms with van der Waals surface area (Å²) in [6, 6.07) is 0. The minimum atomic E-state index is -2.31. The summed E-state index contributed by atoms with van der Waals surface area (Å²) in [6.07, 6.45) is -3.47. The number of hydrogen-bond acceptors (Lipinski definition) is 8. The SMILES string of the molecule is CCOC(=O)CC1(O)O[C@@H]2[C@H]3OC(C)(C)O[C@H]3O[C@@H]2[C@H]1O[Si](C)(C)C(C)(C)C. The fourth-order valence-electron chi connectivity index (χ4n) is 3.66. The Bertz CT molecular complexity index is 616. The highest BCUT2D eigenvalue weighted by Gasteiger charge is 2.68. The summed E-state index contributed by atoms with van der Waals surface area (Å²) in [7, 11) is -2.31. The van der Waals surface area contributed by atoms with E-state index in [-0.39, 0.29) is 18.1 Å². The van der Waals surface area contributed by atoms with Gasteiger partial charge in [0, 0.05) is 0 Å². The van der Waals surface area contributed by atoms with Crippen molar-refractivity contribution in [3.63, 3.8) is 0 Å². The van der Waals surface area contributed by atoms with Gasteiger partial charge in [0.25, 0.3) is 0 Å². The first kappa shape index (κ1) is 22.1. The van der Waals surface area contributed by atoms with Crippen LogP contribution in [-0.4, -0.2) is 68.3 Å². The Hall–Kier alpha value is -0.553. The number of fused-ring (bicyclic) bond motifs is 3. The second kappa shape index (κ2) is 7.00. The van der Waals surface area contributed by atoms with Crippen LogP contribution in [0.2, 0.25) is 18.1 Å². The maximum Gasteiger partial charge on any atom is 0.311 e. The number of carbonyl (C=O) groups is 1. The first-order chi connectivity index (χ1) is 12.7. The maximum atomic E-state index is 12.2. The second-order valence-electron chi connectivity index (χ2n) is 9.78. The molecular formula is C19H34O8Si. The summed E-state index contributed by atoms with van der Waals surface area (Å²) in [5.41, 5.74) is 0. The quantitative estimate of drug-likeness (QED) is 0.537. The van der Waals surface area contributed by atoms with Gasteiger partial charge in [-0.15, -0.1) is 0 Å².